The van der Waals surface area contributed by atoms with Crippen LogP contribution in [0.15, 0.2) is 0 Å². The fourth-order valence-electron chi connectivity index (χ4n) is 2.18. The molecule has 0 saturated carbocycles. The first-order valence-corrected chi connectivity index (χ1v) is 13.9. The molecule has 0 aliphatic carbocycles. The Bertz CT molecular complexity index is 159. The van der Waals surface area contributed by atoms with Gasteiger partial charge in [0.1, 0.15) is 0 Å². The van der Waals surface area contributed by atoms with Crippen molar-refractivity contribution in [1.29, 1.82) is 0 Å². The molecule has 0 rings (SSSR count). The van der Waals surface area contributed by atoms with Gasteiger partial charge < -0.3 is 0 Å². The third kappa shape index (κ3) is 11.4. The van der Waals surface area contributed by atoms with Crippen molar-refractivity contribution in [1.82, 2.24) is 0 Å². The van der Waals surface area contributed by atoms with Crippen LogP contribution in [0, 0.1) is 16.2 Å². The Kier molecular flexibility index (Phi) is 6.00. The zero-order valence-electron chi connectivity index (χ0n) is 13.1. The normalized spacial score (nSPS) is 14.6. The maximum absolute atomic E-state index is 2.42. The summed E-state index contributed by atoms with van der Waals surface area (Å²) in [6.45, 7) is 21.8. The average Bonchev–Trinajstić information content (AvgIpc) is 1.70. The van der Waals surface area contributed by atoms with Crippen molar-refractivity contribution in [3.63, 3.8) is 0 Å². The topological polar surface area (TPSA) is 0 Å². The Balaban J connectivity index is 4.53. The van der Waals surface area contributed by atoms with E-state index >= 15 is 0 Å². The zero-order valence-corrected chi connectivity index (χ0v) is 16.5. The van der Waals surface area contributed by atoms with Crippen LogP contribution in [0.3, 0.4) is 0 Å². The van der Waals surface area contributed by atoms with Crippen LogP contribution in [-0.2, 0) is 0 Å². The second-order valence-electron chi connectivity index (χ2n) is 8.83. The Hall–Kier alpha value is 0.883. The molecule has 0 radical (unpaired) electrons. The molecule has 0 aromatic heterocycles. The van der Waals surface area contributed by atoms with Gasteiger partial charge in [0, 0.05) is 0 Å². The molecule has 0 aromatic carbocycles. The van der Waals surface area contributed by atoms with Crippen LogP contribution in [0.25, 0.3) is 0 Å². The summed E-state index contributed by atoms with van der Waals surface area (Å²) in [6, 6.07) is 0. The predicted molar refractivity (Wildman–Crippen MR) is 78.5 cm³/mol. The van der Waals surface area contributed by atoms with Crippen molar-refractivity contribution in [3.05, 3.63) is 0 Å². The van der Waals surface area contributed by atoms with Gasteiger partial charge in [-0.3, -0.25) is 0 Å². The van der Waals surface area contributed by atoms with Gasteiger partial charge in [0.15, 0.2) is 0 Å². The molecule has 0 bridgehead atoms. The van der Waals surface area contributed by atoms with Gasteiger partial charge in [0.25, 0.3) is 0 Å². The first-order valence-electron chi connectivity index (χ1n) is 6.51. The van der Waals surface area contributed by atoms with E-state index in [1.165, 1.54) is 0 Å². The van der Waals surface area contributed by atoms with Crippen molar-refractivity contribution >= 4 is 21.8 Å². The van der Waals surface area contributed by atoms with Crippen molar-refractivity contribution in [2.75, 3.05) is 0 Å². The molecule has 0 saturated heterocycles. The monoisotopic (exact) mass is 422 g/mol. The van der Waals surface area contributed by atoms with Gasteiger partial charge in [-0.25, -0.2) is 0 Å². The number of rotatable bonds is 3. The second-order valence-corrected chi connectivity index (χ2v) is 17.7. The zero-order chi connectivity index (χ0) is 13.2. The Morgan fingerprint density at radius 1 is 0.500 bits per heavy atom. The fourth-order valence-corrected chi connectivity index (χ4v) is 19.1. The van der Waals surface area contributed by atoms with Gasteiger partial charge in [0.2, 0.25) is 0 Å². The van der Waals surface area contributed by atoms with Crippen LogP contribution in [0.2, 0.25) is 12.4 Å². The van der Waals surface area contributed by atoms with E-state index in [9.17, 15) is 0 Å². The summed E-state index contributed by atoms with van der Waals surface area (Å²) in [5.41, 5.74) is 1.65. The summed E-state index contributed by atoms with van der Waals surface area (Å²) >= 11 is -1.29. The van der Waals surface area contributed by atoms with Gasteiger partial charge in [-0.2, -0.15) is 0 Å². The quantitative estimate of drug-likeness (QED) is 0.518. The molecule has 0 atom stereocenters. The number of hydrogen-bond donors (Lipinski definition) is 0. The SMILES string of the molecule is CC(C)(C)[CH2][Bi]([CH2]C(C)(C)C)[CH2]C(C)(C)C. The Morgan fingerprint density at radius 2 is 0.688 bits per heavy atom. The van der Waals surface area contributed by atoms with Gasteiger partial charge in [-0.15, -0.1) is 0 Å². The third-order valence-electron chi connectivity index (χ3n) is 2.09. The number of hydrogen-bond acceptors (Lipinski definition) is 0. The minimum atomic E-state index is -1.29. The molecule has 0 spiro atoms. The summed E-state index contributed by atoms with van der Waals surface area (Å²) in [5.74, 6) is 0. The fraction of sp³-hybridized carbons (Fsp3) is 1.00. The first-order chi connectivity index (χ1) is 6.79. The van der Waals surface area contributed by atoms with Crippen LogP contribution < -0.4 is 0 Å². The van der Waals surface area contributed by atoms with Crippen LogP contribution in [-0.4, -0.2) is 21.8 Å². The molecule has 1 heteroatoms. The molecule has 0 unspecified atom stereocenters. The summed E-state index contributed by atoms with van der Waals surface area (Å²) < 4.78 is 4.66. The van der Waals surface area contributed by atoms with E-state index in [2.05, 4.69) is 62.3 Å². The van der Waals surface area contributed by atoms with E-state index < -0.39 is 21.8 Å². The van der Waals surface area contributed by atoms with Crippen LogP contribution >= 0.6 is 0 Å². The first kappa shape index (κ1) is 16.9. The Labute approximate surface area is 112 Å². The maximum atomic E-state index is 2.42. The van der Waals surface area contributed by atoms with Gasteiger partial charge >= 0.3 is 113 Å². The molecule has 98 valence electrons. The van der Waals surface area contributed by atoms with Crippen molar-refractivity contribution in [2.24, 2.45) is 16.2 Å². The van der Waals surface area contributed by atoms with Crippen LogP contribution in [0.1, 0.15) is 62.3 Å². The van der Waals surface area contributed by atoms with E-state index in [1.807, 2.05) is 0 Å². The predicted octanol–water partition coefficient (Wildman–Crippen LogP) is 5.62. The van der Waals surface area contributed by atoms with Gasteiger partial charge in [-0.1, -0.05) is 0 Å². The van der Waals surface area contributed by atoms with Crippen molar-refractivity contribution < 1.29 is 0 Å². The van der Waals surface area contributed by atoms with Crippen LogP contribution in [0.4, 0.5) is 0 Å². The molecular formula is C15H33Bi. The third-order valence-corrected chi connectivity index (χ3v) is 18.4. The van der Waals surface area contributed by atoms with Gasteiger partial charge in [0.05, 0.1) is 0 Å². The Morgan fingerprint density at radius 3 is 0.812 bits per heavy atom. The molecule has 0 aliphatic rings. The summed E-state index contributed by atoms with van der Waals surface area (Å²) in [5, 5.41) is 0. The average molecular weight is 422 g/mol. The molecule has 0 fully saturated rings. The van der Waals surface area contributed by atoms with Crippen LogP contribution in [0.5, 0.6) is 0 Å². The van der Waals surface area contributed by atoms with Gasteiger partial charge in [-0.05, 0) is 0 Å². The van der Waals surface area contributed by atoms with E-state index in [4.69, 9.17) is 0 Å². The van der Waals surface area contributed by atoms with E-state index in [-0.39, 0.29) is 0 Å². The molecule has 0 aromatic rings. The molecule has 16 heavy (non-hydrogen) atoms. The second kappa shape index (κ2) is 5.68. The van der Waals surface area contributed by atoms with E-state index in [1.54, 1.807) is 12.4 Å². The van der Waals surface area contributed by atoms with E-state index in [0.29, 0.717) is 16.2 Å². The van der Waals surface area contributed by atoms with Crippen molar-refractivity contribution in [3.8, 4) is 0 Å². The molecule has 0 amide bonds. The van der Waals surface area contributed by atoms with Crippen molar-refractivity contribution in [2.45, 2.75) is 74.7 Å². The molecule has 0 nitrogen and oxygen atoms in total. The molecule has 0 heterocycles. The summed E-state index contributed by atoms with van der Waals surface area (Å²) in [6.07, 6.45) is 0. The molecule has 0 N–H and O–H groups in total. The summed E-state index contributed by atoms with van der Waals surface area (Å²) in [7, 11) is 0. The minimum absolute atomic E-state index is 0.550. The standard InChI is InChI=1S/3C5H11.Bi/c3*1-5(2,3)4;/h3*1H2,2-4H3;. The summed E-state index contributed by atoms with van der Waals surface area (Å²) in [4.78, 5) is 0. The van der Waals surface area contributed by atoms with E-state index in [0.717, 1.165) is 0 Å². The molecular weight excluding hydrogens is 389 g/mol. The molecule has 0 aliphatic heterocycles.